The van der Waals surface area contributed by atoms with Crippen molar-refractivity contribution >= 4 is 17.3 Å². The minimum atomic E-state index is 0.542. The number of hydrogen-bond acceptors (Lipinski definition) is 2. The number of methoxy groups -OCH3 is 1. The lowest BCUT2D eigenvalue weighted by atomic mass is 9.98. The van der Waals surface area contributed by atoms with Gasteiger partial charge in [-0.05, 0) is 30.1 Å². The SMILES string of the molecule is COCCNC(=S)NCCC(C)c1ccccc1. The summed E-state index contributed by atoms with van der Waals surface area (Å²) in [4.78, 5) is 0. The summed E-state index contributed by atoms with van der Waals surface area (Å²) in [5, 5.41) is 7.00. The van der Waals surface area contributed by atoms with Gasteiger partial charge in [0.05, 0.1) is 6.61 Å². The van der Waals surface area contributed by atoms with E-state index in [1.165, 1.54) is 5.56 Å². The Hall–Kier alpha value is -1.13. The molecule has 18 heavy (non-hydrogen) atoms. The van der Waals surface area contributed by atoms with Crippen LogP contribution < -0.4 is 10.6 Å². The van der Waals surface area contributed by atoms with Crippen molar-refractivity contribution < 1.29 is 4.74 Å². The molecule has 0 saturated carbocycles. The summed E-state index contributed by atoms with van der Waals surface area (Å²) < 4.78 is 4.94. The van der Waals surface area contributed by atoms with Crippen molar-refractivity contribution in [2.45, 2.75) is 19.3 Å². The molecule has 0 aliphatic heterocycles. The molecule has 100 valence electrons. The van der Waals surface area contributed by atoms with Crippen LogP contribution in [-0.2, 0) is 4.74 Å². The van der Waals surface area contributed by atoms with Gasteiger partial charge in [0.25, 0.3) is 0 Å². The molecule has 1 unspecified atom stereocenters. The van der Waals surface area contributed by atoms with Crippen molar-refractivity contribution in [2.24, 2.45) is 0 Å². The van der Waals surface area contributed by atoms with Crippen LogP contribution >= 0.6 is 12.2 Å². The highest BCUT2D eigenvalue weighted by atomic mass is 32.1. The third kappa shape index (κ3) is 5.98. The van der Waals surface area contributed by atoms with Crippen molar-refractivity contribution in [3.05, 3.63) is 35.9 Å². The van der Waals surface area contributed by atoms with Crippen molar-refractivity contribution in [1.82, 2.24) is 10.6 Å². The van der Waals surface area contributed by atoms with Crippen LogP contribution in [0.15, 0.2) is 30.3 Å². The molecule has 1 aromatic carbocycles. The fourth-order valence-electron chi connectivity index (χ4n) is 1.68. The minimum absolute atomic E-state index is 0.542. The predicted octanol–water partition coefficient (Wildman–Crippen LogP) is 2.29. The fraction of sp³-hybridized carbons (Fsp3) is 0.500. The molecule has 3 nitrogen and oxygen atoms in total. The van der Waals surface area contributed by atoms with E-state index in [1.54, 1.807) is 7.11 Å². The van der Waals surface area contributed by atoms with Gasteiger partial charge in [-0.15, -0.1) is 0 Å². The van der Waals surface area contributed by atoms with E-state index in [1.807, 2.05) is 6.07 Å². The molecule has 0 radical (unpaired) electrons. The van der Waals surface area contributed by atoms with Gasteiger partial charge in [-0.3, -0.25) is 0 Å². The molecule has 0 aromatic heterocycles. The number of benzene rings is 1. The second kappa shape index (κ2) is 8.89. The molecule has 0 amide bonds. The number of hydrogen-bond donors (Lipinski definition) is 2. The van der Waals surface area contributed by atoms with Crippen LogP contribution in [0.5, 0.6) is 0 Å². The van der Waals surface area contributed by atoms with Crippen LogP contribution in [-0.4, -0.2) is 31.9 Å². The molecule has 1 atom stereocenters. The first-order chi connectivity index (χ1) is 8.74. The van der Waals surface area contributed by atoms with E-state index in [0.717, 1.165) is 19.5 Å². The summed E-state index contributed by atoms with van der Waals surface area (Å²) in [6.45, 7) is 4.53. The van der Waals surface area contributed by atoms with Gasteiger partial charge in [-0.1, -0.05) is 37.3 Å². The fourth-order valence-corrected chi connectivity index (χ4v) is 1.88. The van der Waals surface area contributed by atoms with Gasteiger partial charge in [0.2, 0.25) is 0 Å². The van der Waals surface area contributed by atoms with E-state index in [9.17, 15) is 0 Å². The Morgan fingerprint density at radius 3 is 2.56 bits per heavy atom. The molecular formula is C14H22N2OS. The first-order valence-corrected chi connectivity index (χ1v) is 6.70. The Labute approximate surface area is 115 Å². The van der Waals surface area contributed by atoms with Crippen LogP contribution in [0.3, 0.4) is 0 Å². The zero-order chi connectivity index (χ0) is 13.2. The van der Waals surface area contributed by atoms with Crippen molar-refractivity contribution in [3.63, 3.8) is 0 Å². The summed E-state index contributed by atoms with van der Waals surface area (Å²) in [5.74, 6) is 0.542. The van der Waals surface area contributed by atoms with Gasteiger partial charge in [0, 0.05) is 20.2 Å². The molecule has 0 aliphatic carbocycles. The molecule has 1 aromatic rings. The number of ether oxygens (including phenoxy) is 1. The van der Waals surface area contributed by atoms with Gasteiger partial charge < -0.3 is 15.4 Å². The van der Waals surface area contributed by atoms with Gasteiger partial charge >= 0.3 is 0 Å². The Bertz CT molecular complexity index is 343. The third-order valence-corrected chi connectivity index (χ3v) is 3.11. The largest absolute Gasteiger partial charge is 0.383 e. The monoisotopic (exact) mass is 266 g/mol. The van der Waals surface area contributed by atoms with E-state index >= 15 is 0 Å². The van der Waals surface area contributed by atoms with Crippen LogP contribution in [0.4, 0.5) is 0 Å². The predicted molar refractivity (Wildman–Crippen MR) is 80.0 cm³/mol. The van der Waals surface area contributed by atoms with Crippen LogP contribution in [0.1, 0.15) is 24.8 Å². The van der Waals surface area contributed by atoms with E-state index < -0.39 is 0 Å². The highest BCUT2D eigenvalue weighted by Crippen LogP contribution is 2.17. The molecule has 1 rings (SSSR count). The smallest absolute Gasteiger partial charge is 0.166 e. The van der Waals surface area contributed by atoms with Crippen molar-refractivity contribution in [3.8, 4) is 0 Å². The Morgan fingerprint density at radius 1 is 1.22 bits per heavy atom. The molecule has 2 N–H and O–H groups in total. The summed E-state index contributed by atoms with van der Waals surface area (Å²) in [6.07, 6.45) is 1.07. The van der Waals surface area contributed by atoms with Crippen LogP contribution in [0.2, 0.25) is 0 Å². The quantitative estimate of drug-likeness (QED) is 0.586. The summed E-state index contributed by atoms with van der Waals surface area (Å²) in [7, 11) is 1.68. The van der Waals surface area contributed by atoms with E-state index in [0.29, 0.717) is 17.6 Å². The van der Waals surface area contributed by atoms with E-state index in [2.05, 4.69) is 41.8 Å². The lowest BCUT2D eigenvalue weighted by molar-refractivity contribution is 0.204. The van der Waals surface area contributed by atoms with E-state index in [4.69, 9.17) is 17.0 Å². The molecular weight excluding hydrogens is 244 g/mol. The van der Waals surface area contributed by atoms with Crippen molar-refractivity contribution in [2.75, 3.05) is 26.8 Å². The van der Waals surface area contributed by atoms with Gasteiger partial charge in [-0.2, -0.15) is 0 Å². The Balaban J connectivity index is 2.16. The zero-order valence-electron chi connectivity index (χ0n) is 11.1. The average Bonchev–Trinajstić information content (AvgIpc) is 2.40. The number of rotatable bonds is 7. The maximum Gasteiger partial charge on any atom is 0.166 e. The maximum absolute atomic E-state index is 5.16. The second-order valence-electron chi connectivity index (χ2n) is 4.28. The first-order valence-electron chi connectivity index (χ1n) is 6.29. The number of nitrogens with one attached hydrogen (secondary N) is 2. The lowest BCUT2D eigenvalue weighted by Crippen LogP contribution is -2.37. The second-order valence-corrected chi connectivity index (χ2v) is 4.68. The van der Waals surface area contributed by atoms with Crippen LogP contribution in [0, 0.1) is 0 Å². The standard InChI is InChI=1S/C14H22N2OS/c1-12(13-6-4-3-5-7-13)8-9-15-14(18)16-10-11-17-2/h3-7,12H,8-11H2,1-2H3,(H2,15,16,18). The molecule has 0 aliphatic rings. The van der Waals surface area contributed by atoms with E-state index in [-0.39, 0.29) is 0 Å². The van der Waals surface area contributed by atoms with Crippen molar-refractivity contribution in [1.29, 1.82) is 0 Å². The summed E-state index contributed by atoms with van der Waals surface area (Å²) in [5.41, 5.74) is 1.37. The van der Waals surface area contributed by atoms with Crippen LogP contribution in [0.25, 0.3) is 0 Å². The number of thiocarbonyl (C=S) groups is 1. The topological polar surface area (TPSA) is 33.3 Å². The molecule has 0 bridgehead atoms. The highest BCUT2D eigenvalue weighted by molar-refractivity contribution is 7.80. The zero-order valence-corrected chi connectivity index (χ0v) is 11.9. The molecule has 0 saturated heterocycles. The molecule has 0 fully saturated rings. The Morgan fingerprint density at radius 2 is 1.89 bits per heavy atom. The molecule has 0 spiro atoms. The lowest BCUT2D eigenvalue weighted by Gasteiger charge is -2.14. The summed E-state index contributed by atoms with van der Waals surface area (Å²) in [6, 6.07) is 10.5. The third-order valence-electron chi connectivity index (χ3n) is 2.82. The molecule has 0 heterocycles. The normalized spacial score (nSPS) is 11.9. The van der Waals surface area contributed by atoms with Gasteiger partial charge in [0.15, 0.2) is 5.11 Å². The highest BCUT2D eigenvalue weighted by Gasteiger charge is 2.04. The Kier molecular flexibility index (Phi) is 7.37. The van der Waals surface area contributed by atoms with Gasteiger partial charge in [0.1, 0.15) is 0 Å². The van der Waals surface area contributed by atoms with Gasteiger partial charge in [-0.25, -0.2) is 0 Å². The first kappa shape index (κ1) is 14.9. The average molecular weight is 266 g/mol. The molecule has 4 heteroatoms. The summed E-state index contributed by atoms with van der Waals surface area (Å²) >= 11 is 5.16. The minimum Gasteiger partial charge on any atom is -0.383 e. The maximum atomic E-state index is 5.16.